The average Bonchev–Trinajstić information content (AvgIpc) is 3.05. The van der Waals surface area contributed by atoms with E-state index in [4.69, 9.17) is 10.5 Å². The van der Waals surface area contributed by atoms with Crippen molar-refractivity contribution in [1.29, 1.82) is 0 Å². The maximum Gasteiger partial charge on any atom is 0.137 e. The summed E-state index contributed by atoms with van der Waals surface area (Å²) in [5.74, 6) is 0.686. The minimum absolute atomic E-state index is 0.336. The Hall–Kier alpha value is -2.66. The highest BCUT2D eigenvalue weighted by molar-refractivity contribution is 5.33. The van der Waals surface area contributed by atoms with Gasteiger partial charge >= 0.3 is 0 Å². The number of rotatable bonds is 4. The number of ether oxygens (including phenoxy) is 1. The number of methoxy groups -OCH3 is 1. The Morgan fingerprint density at radius 2 is 1.95 bits per heavy atom. The first-order chi connectivity index (χ1) is 10.3. The SMILES string of the molecule is COc1cncc(C(N)c2ccn(-c3ccccc3)n2)c1. The van der Waals surface area contributed by atoms with Crippen LogP contribution < -0.4 is 10.5 Å². The lowest BCUT2D eigenvalue weighted by molar-refractivity contribution is 0.412. The van der Waals surface area contributed by atoms with Gasteiger partial charge in [0.15, 0.2) is 0 Å². The number of benzene rings is 1. The van der Waals surface area contributed by atoms with Crippen molar-refractivity contribution >= 4 is 0 Å². The lowest BCUT2D eigenvalue weighted by Gasteiger charge is -2.10. The van der Waals surface area contributed by atoms with Crippen molar-refractivity contribution in [3.05, 3.63) is 72.3 Å². The van der Waals surface area contributed by atoms with E-state index in [-0.39, 0.29) is 6.04 Å². The molecule has 21 heavy (non-hydrogen) atoms. The lowest BCUT2D eigenvalue weighted by Crippen LogP contribution is -2.13. The third-order valence-corrected chi connectivity index (χ3v) is 3.28. The predicted octanol–water partition coefficient (Wildman–Crippen LogP) is 2.32. The Balaban J connectivity index is 1.88. The van der Waals surface area contributed by atoms with Gasteiger partial charge in [0.25, 0.3) is 0 Å². The molecular formula is C16H16N4O. The number of pyridine rings is 1. The molecule has 0 amide bonds. The van der Waals surface area contributed by atoms with Gasteiger partial charge < -0.3 is 10.5 Å². The Morgan fingerprint density at radius 3 is 2.71 bits per heavy atom. The molecule has 0 aliphatic heterocycles. The third-order valence-electron chi connectivity index (χ3n) is 3.28. The molecule has 0 aliphatic rings. The molecule has 0 saturated carbocycles. The fourth-order valence-corrected chi connectivity index (χ4v) is 2.12. The van der Waals surface area contributed by atoms with Crippen molar-refractivity contribution in [3.63, 3.8) is 0 Å². The van der Waals surface area contributed by atoms with E-state index in [1.54, 1.807) is 19.5 Å². The van der Waals surface area contributed by atoms with Crippen LogP contribution in [0.3, 0.4) is 0 Å². The van der Waals surface area contributed by atoms with Crippen LogP contribution in [-0.4, -0.2) is 21.9 Å². The lowest BCUT2D eigenvalue weighted by atomic mass is 10.1. The molecule has 1 unspecified atom stereocenters. The summed E-state index contributed by atoms with van der Waals surface area (Å²) >= 11 is 0. The molecule has 0 fully saturated rings. The van der Waals surface area contributed by atoms with Gasteiger partial charge in [0, 0.05) is 12.4 Å². The Kier molecular flexibility index (Phi) is 3.66. The Bertz CT molecular complexity index is 724. The van der Waals surface area contributed by atoms with Gasteiger partial charge in [0.2, 0.25) is 0 Å². The minimum atomic E-state index is -0.336. The second-order valence-corrected chi connectivity index (χ2v) is 4.66. The summed E-state index contributed by atoms with van der Waals surface area (Å²) in [6.07, 6.45) is 5.28. The maximum absolute atomic E-state index is 6.26. The van der Waals surface area contributed by atoms with Crippen LogP contribution in [0.15, 0.2) is 61.1 Å². The van der Waals surface area contributed by atoms with Gasteiger partial charge in [-0.3, -0.25) is 4.98 Å². The zero-order chi connectivity index (χ0) is 14.7. The number of nitrogens with zero attached hydrogens (tertiary/aromatic N) is 3. The number of nitrogens with two attached hydrogens (primary N) is 1. The summed E-state index contributed by atoms with van der Waals surface area (Å²) in [5.41, 5.74) is 8.91. The number of aromatic nitrogens is 3. The van der Waals surface area contributed by atoms with Crippen LogP contribution >= 0.6 is 0 Å². The van der Waals surface area contributed by atoms with E-state index in [1.165, 1.54) is 0 Å². The fourth-order valence-electron chi connectivity index (χ4n) is 2.12. The van der Waals surface area contributed by atoms with E-state index < -0.39 is 0 Å². The molecule has 0 saturated heterocycles. The fraction of sp³-hybridized carbons (Fsp3) is 0.125. The van der Waals surface area contributed by atoms with Crippen LogP contribution in [0.2, 0.25) is 0 Å². The Morgan fingerprint density at radius 1 is 1.14 bits per heavy atom. The predicted molar refractivity (Wildman–Crippen MR) is 80.4 cm³/mol. The normalized spacial score (nSPS) is 12.1. The molecule has 5 heteroatoms. The number of hydrogen-bond donors (Lipinski definition) is 1. The third kappa shape index (κ3) is 2.78. The molecule has 3 aromatic rings. The molecule has 5 nitrogen and oxygen atoms in total. The summed E-state index contributed by atoms with van der Waals surface area (Å²) in [6, 6.07) is 13.4. The zero-order valence-electron chi connectivity index (χ0n) is 11.7. The molecule has 1 atom stereocenters. The molecule has 0 spiro atoms. The number of para-hydroxylation sites is 1. The van der Waals surface area contributed by atoms with Crippen molar-refractivity contribution in [2.75, 3.05) is 7.11 Å². The highest BCUT2D eigenvalue weighted by Gasteiger charge is 2.13. The first-order valence-corrected chi connectivity index (χ1v) is 6.63. The van der Waals surface area contributed by atoms with Crippen LogP contribution in [0.1, 0.15) is 17.3 Å². The van der Waals surface area contributed by atoms with Crippen LogP contribution in [0.5, 0.6) is 5.75 Å². The van der Waals surface area contributed by atoms with E-state index >= 15 is 0 Å². The molecule has 2 N–H and O–H groups in total. The molecule has 2 heterocycles. The summed E-state index contributed by atoms with van der Waals surface area (Å²) in [5, 5.41) is 4.54. The van der Waals surface area contributed by atoms with E-state index in [9.17, 15) is 0 Å². The Labute approximate surface area is 123 Å². The van der Waals surface area contributed by atoms with E-state index in [1.807, 2.05) is 53.3 Å². The second-order valence-electron chi connectivity index (χ2n) is 4.66. The van der Waals surface area contributed by atoms with Crippen molar-refractivity contribution in [3.8, 4) is 11.4 Å². The maximum atomic E-state index is 6.26. The first-order valence-electron chi connectivity index (χ1n) is 6.63. The number of hydrogen-bond acceptors (Lipinski definition) is 4. The summed E-state index contributed by atoms with van der Waals surface area (Å²) in [4.78, 5) is 4.13. The van der Waals surface area contributed by atoms with Crippen LogP contribution in [0, 0.1) is 0 Å². The zero-order valence-corrected chi connectivity index (χ0v) is 11.7. The van der Waals surface area contributed by atoms with Crippen molar-refractivity contribution in [2.45, 2.75) is 6.04 Å². The highest BCUT2D eigenvalue weighted by atomic mass is 16.5. The summed E-state index contributed by atoms with van der Waals surface area (Å²) in [7, 11) is 1.61. The summed E-state index contributed by atoms with van der Waals surface area (Å²) < 4.78 is 6.98. The van der Waals surface area contributed by atoms with Crippen LogP contribution in [0.25, 0.3) is 5.69 Å². The molecule has 1 aromatic carbocycles. The van der Waals surface area contributed by atoms with E-state index in [2.05, 4.69) is 10.1 Å². The molecule has 0 radical (unpaired) electrons. The second kappa shape index (κ2) is 5.76. The molecule has 106 valence electrons. The van der Waals surface area contributed by atoms with Gasteiger partial charge in [-0.05, 0) is 29.8 Å². The van der Waals surface area contributed by atoms with E-state index in [0.29, 0.717) is 5.75 Å². The monoisotopic (exact) mass is 280 g/mol. The van der Waals surface area contributed by atoms with Gasteiger partial charge in [-0.1, -0.05) is 18.2 Å². The summed E-state index contributed by atoms with van der Waals surface area (Å²) in [6.45, 7) is 0. The van der Waals surface area contributed by atoms with Gasteiger partial charge in [-0.15, -0.1) is 0 Å². The molecule has 3 rings (SSSR count). The molecule has 0 bridgehead atoms. The smallest absolute Gasteiger partial charge is 0.137 e. The van der Waals surface area contributed by atoms with Gasteiger partial charge in [0.05, 0.1) is 30.7 Å². The standard InChI is InChI=1S/C16H16N4O/c1-21-14-9-12(10-18-11-14)16(17)15-7-8-20(19-15)13-5-3-2-4-6-13/h2-11,16H,17H2,1H3. The molecular weight excluding hydrogens is 264 g/mol. The topological polar surface area (TPSA) is 66.0 Å². The van der Waals surface area contributed by atoms with E-state index in [0.717, 1.165) is 16.9 Å². The molecule has 2 aromatic heterocycles. The van der Waals surface area contributed by atoms with Crippen LogP contribution in [0.4, 0.5) is 0 Å². The molecule has 0 aliphatic carbocycles. The van der Waals surface area contributed by atoms with Gasteiger partial charge in [0.1, 0.15) is 5.75 Å². The van der Waals surface area contributed by atoms with Gasteiger partial charge in [-0.2, -0.15) is 5.10 Å². The first kappa shape index (κ1) is 13.3. The highest BCUT2D eigenvalue weighted by Crippen LogP contribution is 2.21. The minimum Gasteiger partial charge on any atom is -0.495 e. The van der Waals surface area contributed by atoms with Crippen molar-refractivity contribution in [2.24, 2.45) is 5.73 Å². The average molecular weight is 280 g/mol. The van der Waals surface area contributed by atoms with Crippen molar-refractivity contribution in [1.82, 2.24) is 14.8 Å². The van der Waals surface area contributed by atoms with Crippen LogP contribution in [-0.2, 0) is 0 Å². The van der Waals surface area contributed by atoms with Gasteiger partial charge in [-0.25, -0.2) is 4.68 Å². The van der Waals surface area contributed by atoms with Crippen molar-refractivity contribution < 1.29 is 4.74 Å². The quantitative estimate of drug-likeness (QED) is 0.796. The largest absolute Gasteiger partial charge is 0.495 e.